The lowest BCUT2D eigenvalue weighted by molar-refractivity contribution is -0.153. The summed E-state index contributed by atoms with van der Waals surface area (Å²) in [6, 6.07) is 2.32. The quantitative estimate of drug-likeness (QED) is 0.657. The van der Waals surface area contributed by atoms with E-state index in [4.69, 9.17) is 0 Å². The van der Waals surface area contributed by atoms with Crippen molar-refractivity contribution in [3.63, 3.8) is 0 Å². The number of benzene rings is 1. The van der Waals surface area contributed by atoms with Crippen LogP contribution in [0.2, 0.25) is 0 Å². The molecule has 1 heterocycles. The molecule has 0 unspecified atom stereocenters. The zero-order valence-electron chi connectivity index (χ0n) is 11.0. The van der Waals surface area contributed by atoms with Crippen molar-refractivity contribution in [2.75, 3.05) is 6.54 Å². The van der Waals surface area contributed by atoms with E-state index in [1.54, 1.807) is 13.8 Å². The first-order chi connectivity index (χ1) is 9.24. The van der Waals surface area contributed by atoms with Crippen LogP contribution in [0.3, 0.4) is 0 Å². The number of piperazine rings is 1. The summed E-state index contributed by atoms with van der Waals surface area (Å²) < 4.78 is 27.7. The first-order valence-corrected chi connectivity index (χ1v) is 6.75. The fraction of sp³-hybridized carbons (Fsp3) is 0.385. The predicted molar refractivity (Wildman–Crippen MR) is 71.7 cm³/mol. The number of hydrogen-bond donors (Lipinski definition) is 1. The lowest BCUT2D eigenvalue weighted by atomic mass is 10.00. The molecule has 0 spiro atoms. The molecule has 4 nitrogen and oxygen atoms in total. The van der Waals surface area contributed by atoms with Crippen LogP contribution in [0.5, 0.6) is 0 Å². The Kier molecular flexibility index (Phi) is 3.93. The second kappa shape index (κ2) is 5.21. The average molecular weight is 347 g/mol. The Labute approximate surface area is 123 Å². The molecule has 2 amide bonds. The van der Waals surface area contributed by atoms with Gasteiger partial charge in [-0.05, 0) is 41.9 Å². The molecule has 1 aromatic carbocycles. The molecule has 1 aromatic rings. The molecule has 0 bridgehead atoms. The lowest BCUT2D eigenvalue weighted by Crippen LogP contribution is -2.63. The standard InChI is InChI=1S/C13H13BrF2N2O2/c1-13(2)12(20)18(10(19)5-17-13)6-7-9(15)4-3-8(14)11(7)16/h3-4,17H,5-6H2,1-2H3. The van der Waals surface area contributed by atoms with E-state index in [0.29, 0.717) is 0 Å². The van der Waals surface area contributed by atoms with E-state index in [1.165, 1.54) is 6.07 Å². The van der Waals surface area contributed by atoms with Crippen molar-refractivity contribution in [1.29, 1.82) is 0 Å². The molecule has 20 heavy (non-hydrogen) atoms. The van der Waals surface area contributed by atoms with Crippen molar-refractivity contribution in [2.45, 2.75) is 25.9 Å². The molecule has 1 aliphatic heterocycles. The number of nitrogens with one attached hydrogen (secondary N) is 1. The van der Waals surface area contributed by atoms with Crippen LogP contribution in [0.4, 0.5) is 8.78 Å². The predicted octanol–water partition coefficient (Wildman–Crippen LogP) is 1.96. The third-order valence-electron chi connectivity index (χ3n) is 3.22. The Balaban J connectivity index is 2.36. The van der Waals surface area contributed by atoms with Crippen LogP contribution in [0, 0.1) is 11.6 Å². The minimum absolute atomic E-state index is 0.0457. The minimum atomic E-state index is -0.938. The number of carbonyl (C=O) groups is 2. The van der Waals surface area contributed by atoms with Gasteiger partial charge in [0.15, 0.2) is 0 Å². The van der Waals surface area contributed by atoms with Crippen molar-refractivity contribution in [1.82, 2.24) is 10.2 Å². The van der Waals surface area contributed by atoms with Gasteiger partial charge in [0, 0.05) is 5.56 Å². The Bertz CT molecular complexity index is 590. The number of amides is 2. The second-order valence-corrected chi connectivity index (χ2v) is 5.94. The zero-order valence-corrected chi connectivity index (χ0v) is 12.6. The minimum Gasteiger partial charge on any atom is -0.295 e. The summed E-state index contributed by atoms with van der Waals surface area (Å²) >= 11 is 2.96. The molecule has 7 heteroatoms. The maximum Gasteiger partial charge on any atom is 0.249 e. The van der Waals surface area contributed by atoms with Crippen molar-refractivity contribution in [2.24, 2.45) is 0 Å². The van der Waals surface area contributed by atoms with Crippen LogP contribution in [-0.2, 0) is 16.1 Å². The van der Waals surface area contributed by atoms with Gasteiger partial charge in [0.05, 0.1) is 23.1 Å². The van der Waals surface area contributed by atoms with Gasteiger partial charge in [-0.3, -0.25) is 19.8 Å². The number of halogens is 3. The third kappa shape index (κ3) is 2.60. The maximum atomic E-state index is 13.9. The van der Waals surface area contributed by atoms with E-state index < -0.39 is 35.5 Å². The highest BCUT2D eigenvalue weighted by atomic mass is 79.9. The Morgan fingerprint density at radius 2 is 2.00 bits per heavy atom. The summed E-state index contributed by atoms with van der Waals surface area (Å²) in [7, 11) is 0. The third-order valence-corrected chi connectivity index (χ3v) is 3.83. The maximum absolute atomic E-state index is 13.9. The highest BCUT2D eigenvalue weighted by Gasteiger charge is 2.40. The summed E-state index contributed by atoms with van der Waals surface area (Å²) in [6.07, 6.45) is 0. The topological polar surface area (TPSA) is 49.4 Å². The van der Waals surface area contributed by atoms with Gasteiger partial charge < -0.3 is 0 Å². The van der Waals surface area contributed by atoms with Gasteiger partial charge in [0.1, 0.15) is 11.6 Å². The summed E-state index contributed by atoms with van der Waals surface area (Å²) in [4.78, 5) is 24.8. The normalized spacial score (nSPS) is 18.6. The SMILES string of the molecule is CC1(C)NCC(=O)N(Cc2c(F)ccc(Br)c2F)C1=O. The Hall–Kier alpha value is -1.34. The number of nitrogens with zero attached hydrogens (tertiary/aromatic N) is 1. The monoisotopic (exact) mass is 346 g/mol. The van der Waals surface area contributed by atoms with Crippen LogP contribution in [0.25, 0.3) is 0 Å². The van der Waals surface area contributed by atoms with Crippen molar-refractivity contribution >= 4 is 27.7 Å². The smallest absolute Gasteiger partial charge is 0.249 e. The van der Waals surface area contributed by atoms with Crippen LogP contribution < -0.4 is 5.32 Å². The van der Waals surface area contributed by atoms with E-state index in [2.05, 4.69) is 21.2 Å². The number of imide groups is 1. The van der Waals surface area contributed by atoms with E-state index in [9.17, 15) is 18.4 Å². The summed E-state index contributed by atoms with van der Waals surface area (Å²) in [5.74, 6) is -2.61. The molecule has 1 aliphatic rings. The first-order valence-electron chi connectivity index (χ1n) is 5.96. The first kappa shape index (κ1) is 15.1. The molecule has 2 rings (SSSR count). The molecule has 0 atom stereocenters. The molecule has 1 N–H and O–H groups in total. The summed E-state index contributed by atoms with van der Waals surface area (Å²) in [5.41, 5.74) is -1.24. The van der Waals surface area contributed by atoms with Gasteiger partial charge >= 0.3 is 0 Å². The van der Waals surface area contributed by atoms with Crippen molar-refractivity contribution in [3.05, 3.63) is 33.8 Å². The molecule has 0 saturated carbocycles. The Morgan fingerprint density at radius 1 is 1.35 bits per heavy atom. The molecule has 108 valence electrons. The van der Waals surface area contributed by atoms with E-state index in [1.807, 2.05) is 0 Å². The summed E-state index contributed by atoms with van der Waals surface area (Å²) in [5, 5.41) is 2.78. The van der Waals surface area contributed by atoms with Crippen LogP contribution >= 0.6 is 15.9 Å². The van der Waals surface area contributed by atoms with E-state index >= 15 is 0 Å². The van der Waals surface area contributed by atoms with Gasteiger partial charge in [-0.15, -0.1) is 0 Å². The highest BCUT2D eigenvalue weighted by molar-refractivity contribution is 9.10. The Morgan fingerprint density at radius 3 is 2.65 bits per heavy atom. The second-order valence-electron chi connectivity index (χ2n) is 5.09. The van der Waals surface area contributed by atoms with Crippen molar-refractivity contribution < 1.29 is 18.4 Å². The van der Waals surface area contributed by atoms with Crippen LogP contribution in [0.15, 0.2) is 16.6 Å². The van der Waals surface area contributed by atoms with Gasteiger partial charge in [0.2, 0.25) is 11.8 Å². The largest absolute Gasteiger partial charge is 0.295 e. The fourth-order valence-electron chi connectivity index (χ4n) is 1.95. The fourth-order valence-corrected chi connectivity index (χ4v) is 2.32. The molecule has 1 fully saturated rings. The molecule has 0 aliphatic carbocycles. The van der Waals surface area contributed by atoms with Gasteiger partial charge in [-0.25, -0.2) is 8.78 Å². The van der Waals surface area contributed by atoms with Gasteiger partial charge in [-0.2, -0.15) is 0 Å². The molecular weight excluding hydrogens is 334 g/mol. The molecule has 0 radical (unpaired) electrons. The van der Waals surface area contributed by atoms with E-state index in [-0.39, 0.29) is 16.6 Å². The number of hydrogen-bond acceptors (Lipinski definition) is 3. The lowest BCUT2D eigenvalue weighted by Gasteiger charge is -2.36. The zero-order chi connectivity index (χ0) is 15.1. The number of carbonyl (C=O) groups excluding carboxylic acids is 2. The van der Waals surface area contributed by atoms with Crippen LogP contribution in [0.1, 0.15) is 19.4 Å². The average Bonchev–Trinajstić information content (AvgIpc) is 2.39. The molecule has 1 saturated heterocycles. The molecular formula is C13H13BrF2N2O2. The van der Waals surface area contributed by atoms with Crippen LogP contribution in [-0.4, -0.2) is 28.8 Å². The van der Waals surface area contributed by atoms with Gasteiger partial charge in [0.25, 0.3) is 0 Å². The van der Waals surface area contributed by atoms with Crippen molar-refractivity contribution in [3.8, 4) is 0 Å². The highest BCUT2D eigenvalue weighted by Crippen LogP contribution is 2.24. The van der Waals surface area contributed by atoms with Gasteiger partial charge in [-0.1, -0.05) is 0 Å². The summed E-state index contributed by atoms with van der Waals surface area (Å²) in [6.45, 7) is 2.76. The van der Waals surface area contributed by atoms with E-state index in [0.717, 1.165) is 11.0 Å². The number of rotatable bonds is 2. The molecule has 0 aromatic heterocycles.